The molecule has 0 heterocycles. The van der Waals surface area contributed by atoms with Crippen molar-refractivity contribution < 1.29 is 22.7 Å². The number of ether oxygens (including phenoxy) is 1. The largest absolute Gasteiger partial charge is 0.444 e. The number of sulfonamides is 1. The van der Waals surface area contributed by atoms with Gasteiger partial charge in [-0.25, -0.2) is 13.2 Å². The standard InChI is InChI=1S/C28H31Cl2N3O5S/c1-28(2,3)38-27(35)31-16-20-8-10-21(11-9-20)17-32(19-34)23-12-14-24(15-13-23)33(39(4,36)37)18-22-6-5-7-25(29)26(22)30/h5-15,19H,16-18H2,1-4H3,(H,31,35). The monoisotopic (exact) mass is 591 g/mol. The lowest BCUT2D eigenvalue weighted by molar-refractivity contribution is -0.107. The summed E-state index contributed by atoms with van der Waals surface area (Å²) in [6.07, 6.45) is 1.34. The van der Waals surface area contributed by atoms with Crippen LogP contribution >= 0.6 is 23.2 Å². The molecule has 3 rings (SSSR count). The van der Waals surface area contributed by atoms with E-state index in [1.165, 1.54) is 9.21 Å². The topological polar surface area (TPSA) is 96.0 Å². The Kier molecular flexibility index (Phi) is 9.88. The Labute approximate surface area is 239 Å². The first kappa shape index (κ1) is 30.3. The van der Waals surface area contributed by atoms with E-state index < -0.39 is 21.7 Å². The molecule has 0 aliphatic carbocycles. The van der Waals surface area contributed by atoms with Gasteiger partial charge in [-0.2, -0.15) is 0 Å². The molecule has 208 valence electrons. The molecule has 0 saturated carbocycles. The molecule has 0 saturated heterocycles. The Balaban J connectivity index is 1.69. The SMILES string of the molecule is CC(C)(C)OC(=O)NCc1ccc(CN(C=O)c2ccc(N(Cc3cccc(Cl)c3Cl)S(C)(=O)=O)cc2)cc1. The van der Waals surface area contributed by atoms with E-state index in [1.807, 2.05) is 24.3 Å². The highest BCUT2D eigenvalue weighted by Crippen LogP contribution is 2.30. The first-order valence-electron chi connectivity index (χ1n) is 12.0. The van der Waals surface area contributed by atoms with Crippen molar-refractivity contribution in [1.82, 2.24) is 5.32 Å². The summed E-state index contributed by atoms with van der Waals surface area (Å²) >= 11 is 12.4. The molecule has 3 aromatic rings. The summed E-state index contributed by atoms with van der Waals surface area (Å²) in [6, 6.07) is 19.2. The number of alkyl carbamates (subject to hydrolysis) is 1. The number of carbonyl (C=O) groups is 2. The molecular formula is C28H31Cl2N3O5S. The number of nitrogens with one attached hydrogen (secondary N) is 1. The third kappa shape index (κ3) is 8.88. The van der Waals surface area contributed by atoms with Crippen molar-refractivity contribution in [3.05, 3.63) is 93.5 Å². The number of rotatable bonds is 10. The predicted molar refractivity (Wildman–Crippen MR) is 156 cm³/mol. The number of benzene rings is 3. The van der Waals surface area contributed by atoms with E-state index in [2.05, 4.69) is 5.32 Å². The minimum absolute atomic E-state index is 0.00407. The molecule has 0 fully saturated rings. The van der Waals surface area contributed by atoms with Crippen LogP contribution in [0.15, 0.2) is 66.7 Å². The normalized spacial score (nSPS) is 11.5. The van der Waals surface area contributed by atoms with Gasteiger partial charge in [0.2, 0.25) is 16.4 Å². The predicted octanol–water partition coefficient (Wildman–Crippen LogP) is 6.15. The maximum absolute atomic E-state index is 12.6. The van der Waals surface area contributed by atoms with Gasteiger partial charge in [0, 0.05) is 12.2 Å². The van der Waals surface area contributed by atoms with E-state index >= 15 is 0 Å². The Bertz CT molecular complexity index is 1410. The van der Waals surface area contributed by atoms with Crippen LogP contribution in [0, 0.1) is 0 Å². The number of anilines is 2. The maximum Gasteiger partial charge on any atom is 0.407 e. The van der Waals surface area contributed by atoms with Crippen molar-refractivity contribution in [1.29, 1.82) is 0 Å². The summed E-state index contributed by atoms with van der Waals surface area (Å²) in [6.45, 7) is 6.01. The Morgan fingerprint density at radius 3 is 2.08 bits per heavy atom. The first-order chi connectivity index (χ1) is 18.3. The number of halogens is 2. The van der Waals surface area contributed by atoms with Crippen molar-refractivity contribution in [3.8, 4) is 0 Å². The van der Waals surface area contributed by atoms with E-state index in [0.29, 0.717) is 46.5 Å². The maximum atomic E-state index is 12.6. The highest BCUT2D eigenvalue weighted by molar-refractivity contribution is 7.92. The van der Waals surface area contributed by atoms with Gasteiger partial charge in [0.25, 0.3) is 0 Å². The lowest BCUT2D eigenvalue weighted by Crippen LogP contribution is -2.32. The molecule has 0 unspecified atom stereocenters. The molecule has 3 aromatic carbocycles. The van der Waals surface area contributed by atoms with E-state index in [9.17, 15) is 18.0 Å². The third-order valence-corrected chi connectivity index (χ3v) is 7.55. The molecule has 0 aliphatic rings. The summed E-state index contributed by atoms with van der Waals surface area (Å²) < 4.78 is 31.6. The van der Waals surface area contributed by atoms with Crippen LogP contribution in [0.4, 0.5) is 16.2 Å². The number of hydrogen-bond donors (Lipinski definition) is 1. The smallest absolute Gasteiger partial charge is 0.407 e. The van der Waals surface area contributed by atoms with E-state index in [1.54, 1.807) is 63.2 Å². The van der Waals surface area contributed by atoms with Crippen molar-refractivity contribution in [3.63, 3.8) is 0 Å². The molecule has 0 atom stereocenters. The van der Waals surface area contributed by atoms with Crippen molar-refractivity contribution in [2.75, 3.05) is 15.5 Å². The summed E-state index contributed by atoms with van der Waals surface area (Å²) in [5.41, 5.74) is 2.77. The lowest BCUT2D eigenvalue weighted by atomic mass is 10.1. The summed E-state index contributed by atoms with van der Waals surface area (Å²) in [7, 11) is -3.64. The quantitative estimate of drug-likeness (QED) is 0.285. The Morgan fingerprint density at radius 1 is 0.923 bits per heavy atom. The average molecular weight is 593 g/mol. The van der Waals surface area contributed by atoms with Gasteiger partial charge >= 0.3 is 6.09 Å². The number of carbonyl (C=O) groups excluding carboxylic acids is 2. The summed E-state index contributed by atoms with van der Waals surface area (Å²) in [5, 5.41) is 3.34. The van der Waals surface area contributed by atoms with Crippen LogP contribution in [0.3, 0.4) is 0 Å². The molecule has 0 radical (unpaired) electrons. The Morgan fingerprint density at radius 2 is 1.51 bits per heavy atom. The molecule has 0 bridgehead atoms. The molecule has 2 amide bonds. The van der Waals surface area contributed by atoms with Crippen molar-refractivity contribution in [2.45, 2.75) is 46.0 Å². The van der Waals surface area contributed by atoms with Crippen LogP contribution in [-0.2, 0) is 39.2 Å². The van der Waals surface area contributed by atoms with Gasteiger partial charge in [0.05, 0.1) is 35.1 Å². The molecule has 0 spiro atoms. The van der Waals surface area contributed by atoms with Gasteiger partial charge in [-0.15, -0.1) is 0 Å². The van der Waals surface area contributed by atoms with Crippen LogP contribution in [0.2, 0.25) is 10.0 Å². The third-order valence-electron chi connectivity index (χ3n) is 5.55. The highest BCUT2D eigenvalue weighted by Gasteiger charge is 2.20. The number of hydrogen-bond acceptors (Lipinski definition) is 5. The van der Waals surface area contributed by atoms with Gasteiger partial charge in [-0.05, 0) is 67.8 Å². The van der Waals surface area contributed by atoms with Gasteiger partial charge in [0.15, 0.2) is 0 Å². The molecule has 1 N–H and O–H groups in total. The van der Waals surface area contributed by atoms with Crippen LogP contribution in [-0.4, -0.2) is 32.8 Å². The molecule has 39 heavy (non-hydrogen) atoms. The molecule has 8 nitrogen and oxygen atoms in total. The molecule has 0 aromatic heterocycles. The van der Waals surface area contributed by atoms with Crippen LogP contribution in [0.5, 0.6) is 0 Å². The molecule has 11 heteroatoms. The first-order valence-corrected chi connectivity index (χ1v) is 14.6. The second-order valence-corrected chi connectivity index (χ2v) is 12.6. The van der Waals surface area contributed by atoms with Crippen LogP contribution < -0.4 is 14.5 Å². The van der Waals surface area contributed by atoms with E-state index in [-0.39, 0.29) is 6.54 Å². The lowest BCUT2D eigenvalue weighted by Gasteiger charge is -2.24. The van der Waals surface area contributed by atoms with Crippen LogP contribution in [0.25, 0.3) is 0 Å². The zero-order valence-corrected chi connectivity index (χ0v) is 24.5. The van der Waals surface area contributed by atoms with E-state index in [0.717, 1.165) is 17.4 Å². The minimum Gasteiger partial charge on any atom is -0.444 e. The zero-order chi connectivity index (χ0) is 28.8. The second-order valence-electron chi connectivity index (χ2n) is 9.90. The van der Waals surface area contributed by atoms with Crippen molar-refractivity contribution in [2.24, 2.45) is 0 Å². The summed E-state index contributed by atoms with van der Waals surface area (Å²) in [4.78, 5) is 25.3. The average Bonchev–Trinajstić information content (AvgIpc) is 2.86. The second kappa shape index (κ2) is 12.7. The van der Waals surface area contributed by atoms with Gasteiger partial charge in [0.1, 0.15) is 5.60 Å². The summed E-state index contributed by atoms with van der Waals surface area (Å²) in [5.74, 6) is 0. The number of amides is 2. The fourth-order valence-electron chi connectivity index (χ4n) is 3.67. The number of nitrogens with zero attached hydrogens (tertiary/aromatic N) is 2. The van der Waals surface area contributed by atoms with Gasteiger partial charge < -0.3 is 15.0 Å². The van der Waals surface area contributed by atoms with Gasteiger partial charge in [-0.1, -0.05) is 59.6 Å². The molecule has 0 aliphatic heterocycles. The highest BCUT2D eigenvalue weighted by atomic mass is 35.5. The van der Waals surface area contributed by atoms with Crippen molar-refractivity contribution >= 4 is 57.1 Å². The minimum atomic E-state index is -3.64. The zero-order valence-electron chi connectivity index (χ0n) is 22.1. The Hall–Kier alpha value is -3.27. The fraction of sp³-hybridized carbons (Fsp3) is 0.286. The molecular weight excluding hydrogens is 561 g/mol. The fourth-order valence-corrected chi connectivity index (χ4v) is 4.93. The van der Waals surface area contributed by atoms with Crippen LogP contribution in [0.1, 0.15) is 37.5 Å². The van der Waals surface area contributed by atoms with Gasteiger partial charge in [-0.3, -0.25) is 9.10 Å². The van der Waals surface area contributed by atoms with E-state index in [4.69, 9.17) is 27.9 Å².